The molecule has 2 N–H and O–H groups in total. The van der Waals surface area contributed by atoms with Gasteiger partial charge in [0.25, 0.3) is 0 Å². The van der Waals surface area contributed by atoms with Crippen molar-refractivity contribution in [2.75, 3.05) is 13.6 Å². The van der Waals surface area contributed by atoms with Crippen molar-refractivity contribution in [3.05, 3.63) is 0 Å². The number of hydrogen-bond acceptors (Lipinski definition) is 2. The van der Waals surface area contributed by atoms with E-state index in [-0.39, 0.29) is 5.54 Å². The highest BCUT2D eigenvalue weighted by Crippen LogP contribution is 2.17. The molecule has 0 heterocycles. The van der Waals surface area contributed by atoms with Crippen LogP contribution in [0.5, 0.6) is 0 Å². The predicted octanol–water partition coefficient (Wildman–Crippen LogP) is 1.84. The molecule has 0 aromatic carbocycles. The first-order valence-corrected chi connectivity index (χ1v) is 4.92. The Labute approximate surface area is 77.1 Å². The van der Waals surface area contributed by atoms with Crippen molar-refractivity contribution in [3.8, 4) is 0 Å². The Morgan fingerprint density at radius 1 is 1.25 bits per heavy atom. The van der Waals surface area contributed by atoms with E-state index < -0.39 is 0 Å². The summed E-state index contributed by atoms with van der Waals surface area (Å²) in [6.07, 6.45) is 2.41. The van der Waals surface area contributed by atoms with Gasteiger partial charge in [-0.15, -0.1) is 0 Å². The Kier molecular flexibility index (Phi) is 4.80. The highest BCUT2D eigenvalue weighted by Gasteiger charge is 2.25. The summed E-state index contributed by atoms with van der Waals surface area (Å²) in [4.78, 5) is 2.40. The van der Waals surface area contributed by atoms with Gasteiger partial charge in [0.1, 0.15) is 0 Å². The molecule has 2 heteroatoms. The fraction of sp³-hybridized carbons (Fsp3) is 1.00. The van der Waals surface area contributed by atoms with Gasteiger partial charge in [-0.3, -0.25) is 4.90 Å². The largest absolute Gasteiger partial charge is 0.329 e. The molecular formula is C10H24N2. The maximum atomic E-state index is 5.71. The summed E-state index contributed by atoms with van der Waals surface area (Å²) in [5.41, 5.74) is 5.85. The van der Waals surface area contributed by atoms with E-state index in [9.17, 15) is 0 Å². The molecule has 0 bridgehead atoms. The molecule has 0 amide bonds. The lowest BCUT2D eigenvalue weighted by Gasteiger charge is -2.40. The number of nitrogens with two attached hydrogens (primary N) is 1. The third-order valence-electron chi connectivity index (χ3n) is 2.94. The Morgan fingerprint density at radius 3 is 1.92 bits per heavy atom. The molecule has 0 radical (unpaired) electrons. The molecule has 0 atom stereocenters. The number of hydrogen-bond donors (Lipinski definition) is 1. The molecule has 0 aliphatic rings. The van der Waals surface area contributed by atoms with E-state index in [1.165, 1.54) is 12.8 Å². The Balaban J connectivity index is 4.23. The van der Waals surface area contributed by atoms with Crippen molar-refractivity contribution in [2.24, 2.45) is 5.73 Å². The van der Waals surface area contributed by atoms with Crippen LogP contribution in [0.4, 0.5) is 0 Å². The van der Waals surface area contributed by atoms with Gasteiger partial charge in [-0.1, -0.05) is 13.8 Å². The third-order valence-corrected chi connectivity index (χ3v) is 2.94. The van der Waals surface area contributed by atoms with Crippen LogP contribution in [0.25, 0.3) is 0 Å². The summed E-state index contributed by atoms with van der Waals surface area (Å²) in [6.45, 7) is 9.59. The van der Waals surface area contributed by atoms with E-state index in [1.54, 1.807) is 0 Å². The Hall–Kier alpha value is -0.0800. The van der Waals surface area contributed by atoms with E-state index in [0.717, 1.165) is 6.54 Å². The van der Waals surface area contributed by atoms with Gasteiger partial charge in [-0.2, -0.15) is 0 Å². The molecule has 12 heavy (non-hydrogen) atoms. The summed E-state index contributed by atoms with van der Waals surface area (Å²) in [5.74, 6) is 0. The monoisotopic (exact) mass is 172 g/mol. The molecule has 0 aliphatic carbocycles. The zero-order chi connectivity index (χ0) is 9.78. The smallest absolute Gasteiger partial charge is 0.0275 e. The van der Waals surface area contributed by atoms with Crippen LogP contribution in [0, 0.1) is 0 Å². The topological polar surface area (TPSA) is 29.3 Å². The van der Waals surface area contributed by atoms with Crippen LogP contribution in [-0.2, 0) is 0 Å². The summed E-state index contributed by atoms with van der Waals surface area (Å²) < 4.78 is 0. The minimum atomic E-state index is 0.136. The molecule has 0 saturated carbocycles. The van der Waals surface area contributed by atoms with Gasteiger partial charge >= 0.3 is 0 Å². The predicted molar refractivity (Wildman–Crippen MR) is 55.3 cm³/mol. The summed E-state index contributed by atoms with van der Waals surface area (Å²) >= 11 is 0. The van der Waals surface area contributed by atoms with Crippen molar-refractivity contribution in [1.82, 2.24) is 4.90 Å². The number of nitrogens with zero attached hydrogens (tertiary/aromatic N) is 1. The quantitative estimate of drug-likeness (QED) is 0.685. The van der Waals surface area contributed by atoms with Gasteiger partial charge in [0.15, 0.2) is 0 Å². The van der Waals surface area contributed by atoms with Crippen molar-refractivity contribution >= 4 is 0 Å². The molecule has 0 fully saturated rings. The Bertz CT molecular complexity index is 117. The summed E-state index contributed by atoms with van der Waals surface area (Å²) in [7, 11) is 2.17. The molecule has 0 aromatic rings. The van der Waals surface area contributed by atoms with Gasteiger partial charge in [-0.05, 0) is 33.7 Å². The minimum absolute atomic E-state index is 0.136. The standard InChI is InChI=1S/C10H24N2/c1-6-9(7-2)12(5)10(3,4)8-11/h9H,6-8,11H2,1-5H3. The van der Waals surface area contributed by atoms with Crippen LogP contribution in [0.15, 0.2) is 0 Å². The summed E-state index contributed by atoms with van der Waals surface area (Å²) in [5, 5.41) is 0. The molecule has 0 rings (SSSR count). The fourth-order valence-electron chi connectivity index (χ4n) is 1.47. The van der Waals surface area contributed by atoms with Crippen LogP contribution in [0.2, 0.25) is 0 Å². The van der Waals surface area contributed by atoms with E-state index in [0.29, 0.717) is 6.04 Å². The lowest BCUT2D eigenvalue weighted by atomic mass is 9.99. The number of likely N-dealkylation sites (N-methyl/N-ethyl adjacent to an activating group) is 1. The van der Waals surface area contributed by atoms with Gasteiger partial charge in [-0.25, -0.2) is 0 Å². The molecule has 74 valence electrons. The van der Waals surface area contributed by atoms with Crippen LogP contribution in [-0.4, -0.2) is 30.1 Å². The van der Waals surface area contributed by atoms with Crippen LogP contribution >= 0.6 is 0 Å². The zero-order valence-corrected chi connectivity index (χ0v) is 9.22. The van der Waals surface area contributed by atoms with Crippen molar-refractivity contribution < 1.29 is 0 Å². The molecule has 0 spiro atoms. The average Bonchev–Trinajstić information content (AvgIpc) is 2.06. The van der Waals surface area contributed by atoms with E-state index >= 15 is 0 Å². The fourth-order valence-corrected chi connectivity index (χ4v) is 1.47. The lowest BCUT2D eigenvalue weighted by molar-refractivity contribution is 0.102. The van der Waals surface area contributed by atoms with Crippen LogP contribution in [0.1, 0.15) is 40.5 Å². The van der Waals surface area contributed by atoms with Crippen LogP contribution < -0.4 is 5.73 Å². The Morgan fingerprint density at radius 2 is 1.67 bits per heavy atom. The average molecular weight is 172 g/mol. The first-order chi connectivity index (χ1) is 5.49. The van der Waals surface area contributed by atoms with E-state index in [2.05, 4.69) is 39.6 Å². The molecular weight excluding hydrogens is 148 g/mol. The zero-order valence-electron chi connectivity index (χ0n) is 9.22. The second-order valence-electron chi connectivity index (χ2n) is 4.10. The maximum absolute atomic E-state index is 5.71. The molecule has 0 saturated heterocycles. The van der Waals surface area contributed by atoms with Gasteiger partial charge in [0.05, 0.1) is 0 Å². The number of rotatable bonds is 5. The van der Waals surface area contributed by atoms with E-state index in [1.807, 2.05) is 0 Å². The van der Waals surface area contributed by atoms with Gasteiger partial charge in [0.2, 0.25) is 0 Å². The van der Waals surface area contributed by atoms with Gasteiger partial charge < -0.3 is 5.73 Å². The van der Waals surface area contributed by atoms with Crippen molar-refractivity contribution in [3.63, 3.8) is 0 Å². The molecule has 2 nitrogen and oxygen atoms in total. The van der Waals surface area contributed by atoms with Crippen molar-refractivity contribution in [2.45, 2.75) is 52.1 Å². The third kappa shape index (κ3) is 2.76. The first-order valence-electron chi connectivity index (χ1n) is 4.92. The van der Waals surface area contributed by atoms with Gasteiger partial charge in [0, 0.05) is 18.1 Å². The molecule has 0 aliphatic heterocycles. The second kappa shape index (κ2) is 4.83. The molecule has 0 unspecified atom stereocenters. The highest BCUT2D eigenvalue weighted by molar-refractivity contribution is 4.83. The minimum Gasteiger partial charge on any atom is -0.329 e. The normalized spacial score (nSPS) is 13.0. The second-order valence-corrected chi connectivity index (χ2v) is 4.10. The summed E-state index contributed by atoms with van der Waals surface area (Å²) in [6, 6.07) is 0.670. The maximum Gasteiger partial charge on any atom is 0.0275 e. The van der Waals surface area contributed by atoms with Crippen molar-refractivity contribution in [1.29, 1.82) is 0 Å². The highest BCUT2D eigenvalue weighted by atomic mass is 15.2. The van der Waals surface area contributed by atoms with E-state index in [4.69, 9.17) is 5.73 Å². The molecule has 0 aromatic heterocycles. The lowest BCUT2D eigenvalue weighted by Crippen LogP contribution is -2.51. The van der Waals surface area contributed by atoms with Crippen LogP contribution in [0.3, 0.4) is 0 Å². The first kappa shape index (κ1) is 11.9. The SMILES string of the molecule is CCC(CC)N(C)C(C)(C)CN.